The molecule has 88 valence electrons. The van der Waals surface area contributed by atoms with Crippen LogP contribution in [0.5, 0.6) is 0 Å². The highest BCUT2D eigenvalue weighted by Crippen LogP contribution is 2.18. The van der Waals surface area contributed by atoms with E-state index in [1.54, 1.807) is 29.0 Å². The van der Waals surface area contributed by atoms with Crippen LogP contribution in [0.25, 0.3) is 0 Å². The SMILES string of the molecule is CSC(Cn1nccn1)=Nc1ccc(Cl)cc1. The summed E-state index contributed by atoms with van der Waals surface area (Å²) in [4.78, 5) is 6.12. The molecule has 0 amide bonds. The van der Waals surface area contributed by atoms with Crippen LogP contribution in [0.2, 0.25) is 5.02 Å². The van der Waals surface area contributed by atoms with E-state index >= 15 is 0 Å². The third kappa shape index (κ3) is 3.57. The molecule has 2 rings (SSSR count). The van der Waals surface area contributed by atoms with Crippen molar-refractivity contribution in [3.63, 3.8) is 0 Å². The second-order valence-corrected chi connectivity index (χ2v) is 4.56. The van der Waals surface area contributed by atoms with Crippen LogP contribution in [0, 0.1) is 0 Å². The highest BCUT2D eigenvalue weighted by molar-refractivity contribution is 8.13. The lowest BCUT2D eigenvalue weighted by molar-refractivity contribution is 0.623. The summed E-state index contributed by atoms with van der Waals surface area (Å²) < 4.78 is 0. The monoisotopic (exact) mass is 266 g/mol. The first-order chi connectivity index (χ1) is 8.28. The number of nitrogens with zero attached hydrogens (tertiary/aromatic N) is 4. The minimum Gasteiger partial charge on any atom is -0.245 e. The average molecular weight is 267 g/mol. The van der Waals surface area contributed by atoms with E-state index < -0.39 is 0 Å². The Morgan fingerprint density at radius 3 is 2.53 bits per heavy atom. The van der Waals surface area contributed by atoms with Gasteiger partial charge in [-0.3, -0.25) is 0 Å². The minimum atomic E-state index is 0.580. The Labute approximate surface area is 109 Å². The van der Waals surface area contributed by atoms with E-state index in [-0.39, 0.29) is 0 Å². The van der Waals surface area contributed by atoms with Gasteiger partial charge in [0, 0.05) is 5.02 Å². The maximum absolute atomic E-state index is 5.82. The summed E-state index contributed by atoms with van der Waals surface area (Å²) >= 11 is 7.40. The molecule has 17 heavy (non-hydrogen) atoms. The Kier molecular flexibility index (Phi) is 4.17. The zero-order valence-electron chi connectivity index (χ0n) is 9.25. The van der Waals surface area contributed by atoms with Crippen LogP contribution in [0.15, 0.2) is 41.7 Å². The van der Waals surface area contributed by atoms with Crippen LogP contribution in [0.1, 0.15) is 0 Å². The quantitative estimate of drug-likeness (QED) is 0.634. The number of hydrogen-bond acceptors (Lipinski definition) is 4. The van der Waals surface area contributed by atoms with E-state index in [0.29, 0.717) is 11.6 Å². The van der Waals surface area contributed by atoms with Crippen LogP contribution in [0.3, 0.4) is 0 Å². The Bertz CT molecular complexity index is 493. The average Bonchev–Trinajstić information content (AvgIpc) is 2.84. The molecule has 6 heteroatoms. The highest BCUT2D eigenvalue weighted by atomic mass is 35.5. The van der Waals surface area contributed by atoms with Gasteiger partial charge >= 0.3 is 0 Å². The highest BCUT2D eigenvalue weighted by Gasteiger charge is 2.01. The van der Waals surface area contributed by atoms with Crippen molar-refractivity contribution in [2.24, 2.45) is 4.99 Å². The van der Waals surface area contributed by atoms with Crippen molar-refractivity contribution in [1.29, 1.82) is 0 Å². The van der Waals surface area contributed by atoms with Gasteiger partial charge in [-0.2, -0.15) is 15.0 Å². The number of hydrogen-bond donors (Lipinski definition) is 0. The lowest BCUT2D eigenvalue weighted by atomic mass is 10.3. The first kappa shape index (κ1) is 12.1. The summed E-state index contributed by atoms with van der Waals surface area (Å²) in [7, 11) is 0. The van der Waals surface area contributed by atoms with E-state index in [1.807, 2.05) is 30.5 Å². The predicted octanol–water partition coefficient (Wildman–Crippen LogP) is 3.02. The maximum atomic E-state index is 5.82. The Hall–Kier alpha value is -1.33. The molecule has 0 bridgehead atoms. The maximum Gasteiger partial charge on any atom is 0.109 e. The molecule has 1 aromatic heterocycles. The van der Waals surface area contributed by atoms with Gasteiger partial charge in [-0.25, -0.2) is 4.99 Å². The summed E-state index contributed by atoms with van der Waals surface area (Å²) in [6.45, 7) is 0.580. The first-order valence-electron chi connectivity index (χ1n) is 4.99. The van der Waals surface area contributed by atoms with E-state index in [1.165, 1.54) is 0 Å². The minimum absolute atomic E-state index is 0.580. The molecule has 0 radical (unpaired) electrons. The lowest BCUT2D eigenvalue weighted by Gasteiger charge is -2.02. The van der Waals surface area contributed by atoms with Crippen molar-refractivity contribution in [2.45, 2.75) is 6.54 Å². The van der Waals surface area contributed by atoms with Crippen molar-refractivity contribution in [3.05, 3.63) is 41.7 Å². The molecule has 0 N–H and O–H groups in total. The molecule has 0 saturated carbocycles. The molecule has 0 spiro atoms. The van der Waals surface area contributed by atoms with Gasteiger partial charge in [0.05, 0.1) is 23.1 Å². The molecule has 4 nitrogen and oxygen atoms in total. The third-order valence-corrected chi connectivity index (χ3v) is 3.00. The van der Waals surface area contributed by atoms with Gasteiger partial charge in [0.25, 0.3) is 0 Å². The largest absolute Gasteiger partial charge is 0.245 e. The molecular formula is C11H11ClN4S. The summed E-state index contributed by atoms with van der Waals surface area (Å²) in [5.74, 6) is 0. The van der Waals surface area contributed by atoms with E-state index in [0.717, 1.165) is 10.7 Å². The standard InChI is InChI=1S/C11H11ClN4S/c1-17-11(8-16-13-6-7-14-16)15-10-4-2-9(12)3-5-10/h2-7H,8H2,1H3. The Morgan fingerprint density at radius 2 is 1.94 bits per heavy atom. The first-order valence-corrected chi connectivity index (χ1v) is 6.59. The molecule has 0 aliphatic heterocycles. The van der Waals surface area contributed by atoms with Crippen molar-refractivity contribution >= 4 is 34.1 Å². The molecule has 0 aliphatic rings. The Balaban J connectivity index is 2.14. The van der Waals surface area contributed by atoms with Gasteiger partial charge in [-0.05, 0) is 30.5 Å². The van der Waals surface area contributed by atoms with Gasteiger partial charge in [0.2, 0.25) is 0 Å². The normalized spacial score (nSPS) is 11.8. The van der Waals surface area contributed by atoms with Crippen LogP contribution in [-0.2, 0) is 6.54 Å². The Morgan fingerprint density at radius 1 is 1.29 bits per heavy atom. The van der Waals surface area contributed by atoms with Crippen LogP contribution >= 0.6 is 23.4 Å². The second-order valence-electron chi connectivity index (χ2n) is 3.25. The van der Waals surface area contributed by atoms with Crippen LogP contribution in [-0.4, -0.2) is 26.3 Å². The smallest absolute Gasteiger partial charge is 0.109 e. The van der Waals surface area contributed by atoms with Gasteiger partial charge < -0.3 is 0 Å². The molecule has 1 heterocycles. The molecule has 0 unspecified atom stereocenters. The number of thioether (sulfide) groups is 1. The lowest BCUT2D eigenvalue weighted by Crippen LogP contribution is -2.09. The molecule has 0 aliphatic carbocycles. The molecular weight excluding hydrogens is 256 g/mol. The van der Waals surface area contributed by atoms with E-state index in [4.69, 9.17) is 11.6 Å². The number of aromatic nitrogens is 3. The van der Waals surface area contributed by atoms with Crippen molar-refractivity contribution < 1.29 is 0 Å². The van der Waals surface area contributed by atoms with Crippen molar-refractivity contribution in [1.82, 2.24) is 15.0 Å². The molecule has 1 aromatic carbocycles. The topological polar surface area (TPSA) is 43.1 Å². The van der Waals surface area contributed by atoms with Crippen molar-refractivity contribution in [3.8, 4) is 0 Å². The zero-order chi connectivity index (χ0) is 12.1. The number of rotatable bonds is 3. The van der Waals surface area contributed by atoms with Gasteiger partial charge in [-0.15, -0.1) is 11.8 Å². The zero-order valence-corrected chi connectivity index (χ0v) is 10.8. The number of aliphatic imine (C=N–C) groups is 1. The van der Waals surface area contributed by atoms with Gasteiger partial charge in [0.15, 0.2) is 0 Å². The summed E-state index contributed by atoms with van der Waals surface area (Å²) in [5, 5.41) is 9.76. The van der Waals surface area contributed by atoms with Crippen LogP contribution in [0.4, 0.5) is 5.69 Å². The molecule has 0 saturated heterocycles. The molecule has 0 atom stereocenters. The molecule has 0 fully saturated rings. The van der Waals surface area contributed by atoms with Gasteiger partial charge in [-0.1, -0.05) is 11.6 Å². The van der Waals surface area contributed by atoms with Crippen LogP contribution < -0.4 is 0 Å². The molecule has 2 aromatic rings. The number of halogens is 1. The van der Waals surface area contributed by atoms with Gasteiger partial charge in [0.1, 0.15) is 6.54 Å². The number of benzene rings is 1. The summed E-state index contributed by atoms with van der Waals surface area (Å²) in [6, 6.07) is 7.42. The fraction of sp³-hybridized carbons (Fsp3) is 0.182. The summed E-state index contributed by atoms with van der Waals surface area (Å²) in [5.41, 5.74) is 0.880. The second kappa shape index (κ2) is 5.84. The fourth-order valence-corrected chi connectivity index (χ4v) is 1.82. The summed E-state index contributed by atoms with van der Waals surface area (Å²) in [6.07, 6.45) is 5.29. The van der Waals surface area contributed by atoms with Crippen molar-refractivity contribution in [2.75, 3.05) is 6.26 Å². The predicted molar refractivity (Wildman–Crippen MR) is 72.1 cm³/mol. The van der Waals surface area contributed by atoms with E-state index in [9.17, 15) is 0 Å². The fourth-order valence-electron chi connectivity index (χ4n) is 1.25. The third-order valence-electron chi connectivity index (χ3n) is 2.06. The van der Waals surface area contributed by atoms with E-state index in [2.05, 4.69) is 15.2 Å².